The van der Waals surface area contributed by atoms with Crippen molar-refractivity contribution in [3.8, 4) is 0 Å². The third kappa shape index (κ3) is 3.11. The largest absolute Gasteiger partial charge is 0.420 e. The van der Waals surface area contributed by atoms with E-state index < -0.39 is 5.76 Å². The molecule has 0 bridgehead atoms. The first-order valence-corrected chi connectivity index (χ1v) is 7.55. The number of fused-ring (bicyclic) bond motifs is 1. The van der Waals surface area contributed by atoms with Gasteiger partial charge in [0.1, 0.15) is 6.54 Å². The predicted octanol–water partition coefficient (Wildman–Crippen LogP) is 3.85. The van der Waals surface area contributed by atoms with E-state index in [-0.39, 0.29) is 12.5 Å². The number of anilines is 1. The number of halogens is 2. The molecule has 1 heterocycles. The average Bonchev–Trinajstić information content (AvgIpc) is 2.79. The molecule has 1 aromatic heterocycles. The van der Waals surface area contributed by atoms with Crippen LogP contribution in [0.1, 0.15) is 5.56 Å². The highest BCUT2D eigenvalue weighted by Crippen LogP contribution is 2.23. The van der Waals surface area contributed by atoms with E-state index >= 15 is 0 Å². The Morgan fingerprint density at radius 1 is 1.26 bits per heavy atom. The first-order chi connectivity index (χ1) is 11.0. The molecule has 3 rings (SSSR count). The zero-order valence-corrected chi connectivity index (χ0v) is 13.6. The summed E-state index contributed by atoms with van der Waals surface area (Å²) in [7, 11) is 0. The van der Waals surface area contributed by atoms with Crippen LogP contribution in [0.4, 0.5) is 5.69 Å². The van der Waals surface area contributed by atoms with Gasteiger partial charge in [-0.25, -0.2) is 4.79 Å². The van der Waals surface area contributed by atoms with Gasteiger partial charge in [-0.2, -0.15) is 0 Å². The molecule has 7 heteroatoms. The fourth-order valence-corrected chi connectivity index (χ4v) is 2.60. The lowest BCUT2D eigenvalue weighted by Gasteiger charge is -2.09. The van der Waals surface area contributed by atoms with Gasteiger partial charge in [0.2, 0.25) is 5.91 Å². The van der Waals surface area contributed by atoms with Crippen molar-refractivity contribution in [3.63, 3.8) is 0 Å². The fourth-order valence-electron chi connectivity index (χ4n) is 2.27. The van der Waals surface area contributed by atoms with Crippen LogP contribution >= 0.6 is 23.2 Å². The van der Waals surface area contributed by atoms with Crippen molar-refractivity contribution in [1.82, 2.24) is 4.57 Å². The molecular weight excluding hydrogens is 339 g/mol. The molecule has 118 valence electrons. The van der Waals surface area contributed by atoms with Crippen molar-refractivity contribution in [2.45, 2.75) is 13.5 Å². The van der Waals surface area contributed by atoms with E-state index in [9.17, 15) is 9.59 Å². The average molecular weight is 351 g/mol. The minimum Gasteiger partial charge on any atom is -0.408 e. The van der Waals surface area contributed by atoms with Gasteiger partial charge in [0.25, 0.3) is 0 Å². The lowest BCUT2D eigenvalue weighted by molar-refractivity contribution is -0.116. The van der Waals surface area contributed by atoms with E-state index in [1.54, 1.807) is 37.3 Å². The van der Waals surface area contributed by atoms with Gasteiger partial charge in [-0.15, -0.1) is 0 Å². The maximum atomic E-state index is 12.2. The first kappa shape index (κ1) is 15.6. The summed E-state index contributed by atoms with van der Waals surface area (Å²) in [6, 6.07) is 10.0. The summed E-state index contributed by atoms with van der Waals surface area (Å²) in [6.07, 6.45) is 0. The Morgan fingerprint density at radius 3 is 2.83 bits per heavy atom. The van der Waals surface area contributed by atoms with E-state index in [4.69, 9.17) is 27.6 Å². The minimum absolute atomic E-state index is 0.167. The molecule has 2 aromatic carbocycles. The maximum Gasteiger partial charge on any atom is 0.420 e. The number of nitrogens with one attached hydrogen (secondary N) is 1. The number of carbonyl (C=O) groups is 1. The highest BCUT2D eigenvalue weighted by molar-refractivity contribution is 6.32. The summed E-state index contributed by atoms with van der Waals surface area (Å²) in [4.78, 5) is 24.1. The zero-order valence-electron chi connectivity index (χ0n) is 12.1. The molecule has 0 fully saturated rings. The van der Waals surface area contributed by atoms with Crippen molar-refractivity contribution in [1.29, 1.82) is 0 Å². The Labute approximate surface area is 141 Å². The fraction of sp³-hybridized carbons (Fsp3) is 0.125. The monoisotopic (exact) mass is 350 g/mol. The van der Waals surface area contributed by atoms with Gasteiger partial charge in [0.15, 0.2) is 5.58 Å². The Morgan fingerprint density at radius 2 is 2.04 bits per heavy atom. The molecule has 3 aromatic rings. The van der Waals surface area contributed by atoms with Crippen LogP contribution in [0.2, 0.25) is 10.0 Å². The van der Waals surface area contributed by atoms with E-state index in [0.717, 1.165) is 5.56 Å². The molecule has 0 unspecified atom stereocenters. The standard InChI is InChI=1S/C16H12Cl2N2O3/c1-9-11(18)3-2-4-12(9)19-15(21)8-20-13-6-5-10(17)7-14(13)23-16(20)22/h2-7H,8H2,1H3,(H,19,21). The molecule has 1 amide bonds. The van der Waals surface area contributed by atoms with Crippen LogP contribution in [0.15, 0.2) is 45.6 Å². The molecule has 0 atom stereocenters. The number of nitrogens with zero attached hydrogens (tertiary/aromatic N) is 1. The van der Waals surface area contributed by atoms with Crippen LogP contribution in [0.3, 0.4) is 0 Å². The van der Waals surface area contributed by atoms with Crippen LogP contribution in [0.5, 0.6) is 0 Å². The Balaban J connectivity index is 1.87. The van der Waals surface area contributed by atoms with Crippen molar-refractivity contribution >= 4 is 45.9 Å². The lowest BCUT2D eigenvalue weighted by atomic mass is 10.2. The van der Waals surface area contributed by atoms with E-state index in [1.807, 2.05) is 0 Å². The van der Waals surface area contributed by atoms with Crippen molar-refractivity contribution in [3.05, 3.63) is 62.6 Å². The number of rotatable bonds is 3. The third-order valence-electron chi connectivity index (χ3n) is 3.47. The summed E-state index contributed by atoms with van der Waals surface area (Å²) in [5.41, 5.74) is 2.22. The van der Waals surface area contributed by atoms with Crippen LogP contribution in [0.25, 0.3) is 11.1 Å². The van der Waals surface area contributed by atoms with Gasteiger partial charge in [-0.05, 0) is 36.8 Å². The quantitative estimate of drug-likeness (QED) is 0.780. The number of amides is 1. The molecule has 0 radical (unpaired) electrons. The minimum atomic E-state index is -0.611. The molecule has 0 saturated carbocycles. The number of hydrogen-bond acceptors (Lipinski definition) is 3. The van der Waals surface area contributed by atoms with Gasteiger partial charge in [0, 0.05) is 21.8 Å². The van der Waals surface area contributed by atoms with Gasteiger partial charge in [0.05, 0.1) is 5.52 Å². The summed E-state index contributed by atoms with van der Waals surface area (Å²) >= 11 is 11.9. The molecule has 1 N–H and O–H groups in total. The topological polar surface area (TPSA) is 64.2 Å². The number of oxazole rings is 1. The van der Waals surface area contributed by atoms with Crippen molar-refractivity contribution < 1.29 is 9.21 Å². The van der Waals surface area contributed by atoms with Crippen molar-refractivity contribution in [2.75, 3.05) is 5.32 Å². The second-order valence-electron chi connectivity index (χ2n) is 5.03. The Kier molecular flexibility index (Phi) is 4.15. The number of hydrogen-bond donors (Lipinski definition) is 1. The summed E-state index contributed by atoms with van der Waals surface area (Å²) in [5.74, 6) is -0.963. The van der Waals surface area contributed by atoms with Crippen LogP contribution < -0.4 is 11.1 Å². The van der Waals surface area contributed by atoms with Crippen molar-refractivity contribution in [2.24, 2.45) is 0 Å². The number of aromatic nitrogens is 1. The van der Waals surface area contributed by atoms with E-state index in [0.29, 0.717) is 26.8 Å². The van der Waals surface area contributed by atoms with Gasteiger partial charge < -0.3 is 9.73 Å². The molecule has 0 aliphatic heterocycles. The lowest BCUT2D eigenvalue weighted by Crippen LogP contribution is -2.25. The predicted molar refractivity (Wildman–Crippen MR) is 90.3 cm³/mol. The summed E-state index contributed by atoms with van der Waals surface area (Å²) < 4.78 is 6.35. The Bertz CT molecular complexity index is 960. The van der Waals surface area contributed by atoms with E-state index in [1.165, 1.54) is 10.6 Å². The van der Waals surface area contributed by atoms with Crippen LogP contribution in [-0.4, -0.2) is 10.5 Å². The third-order valence-corrected chi connectivity index (χ3v) is 4.12. The van der Waals surface area contributed by atoms with Crippen LogP contribution in [-0.2, 0) is 11.3 Å². The molecule has 0 saturated heterocycles. The highest BCUT2D eigenvalue weighted by atomic mass is 35.5. The Hall–Kier alpha value is -2.24. The normalized spacial score (nSPS) is 10.9. The zero-order chi connectivity index (χ0) is 16.6. The summed E-state index contributed by atoms with van der Waals surface area (Å²) in [6.45, 7) is 1.64. The molecule has 5 nitrogen and oxygen atoms in total. The first-order valence-electron chi connectivity index (χ1n) is 6.79. The second-order valence-corrected chi connectivity index (χ2v) is 5.87. The van der Waals surface area contributed by atoms with E-state index in [2.05, 4.69) is 5.32 Å². The molecular formula is C16H12Cl2N2O3. The molecule has 0 spiro atoms. The van der Waals surface area contributed by atoms with Gasteiger partial charge in [-0.3, -0.25) is 9.36 Å². The number of benzene rings is 2. The molecule has 23 heavy (non-hydrogen) atoms. The highest BCUT2D eigenvalue weighted by Gasteiger charge is 2.14. The summed E-state index contributed by atoms with van der Waals surface area (Å²) in [5, 5.41) is 3.76. The SMILES string of the molecule is Cc1c(Cl)cccc1NC(=O)Cn1c(=O)oc2cc(Cl)ccc21. The van der Waals surface area contributed by atoms with Gasteiger partial charge in [-0.1, -0.05) is 29.3 Å². The molecule has 0 aliphatic rings. The van der Waals surface area contributed by atoms with Gasteiger partial charge >= 0.3 is 5.76 Å². The maximum absolute atomic E-state index is 12.2. The number of carbonyl (C=O) groups excluding carboxylic acids is 1. The van der Waals surface area contributed by atoms with Crippen LogP contribution in [0, 0.1) is 6.92 Å². The second kappa shape index (κ2) is 6.10. The molecule has 0 aliphatic carbocycles. The smallest absolute Gasteiger partial charge is 0.408 e.